The van der Waals surface area contributed by atoms with E-state index in [1.807, 2.05) is 22.6 Å². The lowest BCUT2D eigenvalue weighted by atomic mass is 10.3. The third-order valence-electron chi connectivity index (χ3n) is 1.52. The Morgan fingerprint density at radius 3 is 2.29 bits per heavy atom. The molecule has 0 aliphatic rings. The fourth-order valence-corrected chi connectivity index (χ4v) is 1.84. The molecule has 102 valence electrons. The second-order valence-electron chi connectivity index (χ2n) is 3.06. The van der Waals surface area contributed by atoms with Gasteiger partial charge in [0.25, 0.3) is 10.1 Å². The molecule has 0 saturated carbocycles. The van der Waals surface area contributed by atoms with Crippen LogP contribution in [0.3, 0.4) is 0 Å². The minimum atomic E-state index is -5.03. The molecule has 5 nitrogen and oxygen atoms in total. The maximum Gasteiger partial charge on any atom is 0.426 e. The normalized spacial score (nSPS) is 14.4. The Balaban J connectivity index is 4.57. The van der Waals surface area contributed by atoms with Crippen molar-refractivity contribution in [2.45, 2.75) is 25.1 Å². The SMILES string of the molecule is O=C(CCCI)OC(CS(=O)(=O)O)C(F)(F)F. The van der Waals surface area contributed by atoms with Crippen LogP contribution in [0.1, 0.15) is 12.8 Å². The lowest BCUT2D eigenvalue weighted by Gasteiger charge is -2.19. The van der Waals surface area contributed by atoms with Crippen LogP contribution in [0.4, 0.5) is 13.2 Å². The second kappa shape index (κ2) is 6.73. The van der Waals surface area contributed by atoms with Crippen molar-refractivity contribution >= 4 is 38.7 Å². The highest BCUT2D eigenvalue weighted by molar-refractivity contribution is 14.1. The number of ether oxygens (including phenoxy) is 1. The van der Waals surface area contributed by atoms with Gasteiger partial charge in [-0.3, -0.25) is 9.35 Å². The molecule has 0 bridgehead atoms. The van der Waals surface area contributed by atoms with Crippen molar-refractivity contribution in [2.75, 3.05) is 10.2 Å². The molecule has 1 atom stereocenters. The molecule has 0 aromatic rings. The monoisotopic (exact) mass is 390 g/mol. The second-order valence-corrected chi connectivity index (χ2v) is 5.64. The predicted octanol–water partition coefficient (Wildman–Crippen LogP) is 1.56. The van der Waals surface area contributed by atoms with Crippen molar-refractivity contribution in [2.24, 2.45) is 0 Å². The summed E-state index contributed by atoms with van der Waals surface area (Å²) < 4.78 is 70.4. The van der Waals surface area contributed by atoms with Crippen LogP contribution in [-0.4, -0.2) is 41.4 Å². The Kier molecular flexibility index (Phi) is 6.69. The zero-order valence-electron chi connectivity index (χ0n) is 8.41. The van der Waals surface area contributed by atoms with Crippen molar-refractivity contribution in [3.8, 4) is 0 Å². The van der Waals surface area contributed by atoms with Gasteiger partial charge in [-0.15, -0.1) is 0 Å². The smallest absolute Gasteiger partial charge is 0.426 e. The molecular formula is C7H10F3IO5S. The van der Waals surface area contributed by atoms with Crippen molar-refractivity contribution in [1.82, 2.24) is 0 Å². The number of hydrogen-bond acceptors (Lipinski definition) is 4. The summed E-state index contributed by atoms with van der Waals surface area (Å²) in [6, 6.07) is 0. The minimum absolute atomic E-state index is 0.235. The first-order valence-electron chi connectivity index (χ1n) is 4.33. The first kappa shape index (κ1) is 16.9. The zero-order chi connectivity index (χ0) is 13.7. The lowest BCUT2D eigenvalue weighted by Crippen LogP contribution is -2.39. The number of carbonyl (C=O) groups excluding carboxylic acids is 1. The number of halogens is 4. The molecule has 10 heteroatoms. The van der Waals surface area contributed by atoms with E-state index in [0.717, 1.165) is 0 Å². The summed E-state index contributed by atoms with van der Waals surface area (Å²) in [5.41, 5.74) is 0. The largest absolute Gasteiger partial charge is 0.451 e. The summed E-state index contributed by atoms with van der Waals surface area (Å²) in [5.74, 6) is -2.83. The van der Waals surface area contributed by atoms with E-state index in [1.54, 1.807) is 0 Å². The molecule has 0 aliphatic carbocycles. The van der Waals surface area contributed by atoms with E-state index in [-0.39, 0.29) is 6.42 Å². The van der Waals surface area contributed by atoms with Crippen LogP contribution in [0, 0.1) is 0 Å². The minimum Gasteiger partial charge on any atom is -0.451 e. The summed E-state index contributed by atoms with van der Waals surface area (Å²) in [6.45, 7) is 0. The first-order chi connectivity index (χ1) is 7.56. The Morgan fingerprint density at radius 2 is 1.94 bits per heavy atom. The van der Waals surface area contributed by atoms with Gasteiger partial charge < -0.3 is 4.74 Å². The topological polar surface area (TPSA) is 80.7 Å². The maximum absolute atomic E-state index is 12.3. The fourth-order valence-electron chi connectivity index (χ4n) is 0.815. The van der Waals surface area contributed by atoms with Crippen LogP contribution in [0.25, 0.3) is 0 Å². The van der Waals surface area contributed by atoms with E-state index in [0.29, 0.717) is 10.8 Å². The number of hydrogen-bond donors (Lipinski definition) is 1. The van der Waals surface area contributed by atoms with Gasteiger partial charge >= 0.3 is 12.1 Å². The van der Waals surface area contributed by atoms with Crippen LogP contribution in [0.15, 0.2) is 0 Å². The van der Waals surface area contributed by atoms with Crippen LogP contribution in [0.5, 0.6) is 0 Å². The van der Waals surface area contributed by atoms with Crippen LogP contribution >= 0.6 is 22.6 Å². The van der Waals surface area contributed by atoms with E-state index in [9.17, 15) is 26.4 Å². The van der Waals surface area contributed by atoms with Crippen molar-refractivity contribution in [1.29, 1.82) is 0 Å². The third-order valence-corrected chi connectivity index (χ3v) is 3.00. The molecule has 1 unspecified atom stereocenters. The van der Waals surface area contributed by atoms with Gasteiger partial charge in [0, 0.05) is 10.8 Å². The van der Waals surface area contributed by atoms with Crippen LogP contribution < -0.4 is 0 Å². The summed E-state index contributed by atoms with van der Waals surface area (Å²) in [6.07, 6.45) is -7.77. The van der Waals surface area contributed by atoms with Crippen molar-refractivity contribution < 1.29 is 35.7 Å². The van der Waals surface area contributed by atoms with Gasteiger partial charge in [-0.25, -0.2) is 0 Å². The molecule has 0 radical (unpaired) electrons. The Morgan fingerprint density at radius 1 is 1.41 bits per heavy atom. The van der Waals surface area contributed by atoms with Crippen LogP contribution in [-0.2, 0) is 19.6 Å². The number of carbonyl (C=O) groups is 1. The van der Waals surface area contributed by atoms with Gasteiger partial charge in [-0.2, -0.15) is 21.6 Å². The standard InChI is InChI=1S/C7H10F3IO5S/c8-7(9,10)5(4-17(13,14)15)16-6(12)2-1-3-11/h5H,1-4H2,(H,13,14,15). The van der Waals surface area contributed by atoms with Gasteiger partial charge in [0.2, 0.25) is 6.10 Å². The number of rotatable bonds is 6. The van der Waals surface area contributed by atoms with Crippen LogP contribution in [0.2, 0.25) is 0 Å². The highest BCUT2D eigenvalue weighted by Crippen LogP contribution is 2.24. The summed E-state index contributed by atoms with van der Waals surface area (Å²) in [5, 5.41) is 0. The molecule has 0 amide bonds. The Bertz CT molecular complexity index is 353. The molecule has 17 heavy (non-hydrogen) atoms. The average Bonchev–Trinajstić information content (AvgIpc) is 2.10. The predicted molar refractivity (Wildman–Crippen MR) is 60.5 cm³/mol. The quantitative estimate of drug-likeness (QED) is 0.322. The van der Waals surface area contributed by atoms with Gasteiger partial charge in [0.05, 0.1) is 0 Å². The Labute approximate surface area is 110 Å². The molecule has 0 rings (SSSR count). The molecule has 0 heterocycles. The van der Waals surface area contributed by atoms with E-state index < -0.39 is 34.1 Å². The maximum atomic E-state index is 12.3. The highest BCUT2D eigenvalue weighted by Gasteiger charge is 2.45. The lowest BCUT2D eigenvalue weighted by molar-refractivity contribution is -0.215. The molecule has 0 aromatic carbocycles. The summed E-state index contributed by atoms with van der Waals surface area (Å²) >= 11 is 1.93. The molecule has 0 aromatic heterocycles. The first-order valence-corrected chi connectivity index (χ1v) is 7.47. The average molecular weight is 390 g/mol. The fraction of sp³-hybridized carbons (Fsp3) is 0.857. The molecule has 0 spiro atoms. The Hall–Kier alpha value is -0.100. The third kappa shape index (κ3) is 8.60. The summed E-state index contributed by atoms with van der Waals surface area (Å²) in [4.78, 5) is 10.9. The molecule has 0 fully saturated rings. The van der Waals surface area contributed by atoms with E-state index in [1.165, 1.54) is 0 Å². The summed E-state index contributed by atoms with van der Waals surface area (Å²) in [7, 11) is -4.87. The van der Waals surface area contributed by atoms with E-state index in [4.69, 9.17) is 4.55 Å². The van der Waals surface area contributed by atoms with Gasteiger partial charge in [0.15, 0.2) is 0 Å². The van der Waals surface area contributed by atoms with E-state index in [2.05, 4.69) is 4.74 Å². The number of esters is 1. The molecular weight excluding hydrogens is 380 g/mol. The van der Waals surface area contributed by atoms with Crippen molar-refractivity contribution in [3.63, 3.8) is 0 Å². The van der Waals surface area contributed by atoms with Gasteiger partial charge in [0.1, 0.15) is 5.75 Å². The zero-order valence-corrected chi connectivity index (χ0v) is 11.4. The van der Waals surface area contributed by atoms with Gasteiger partial charge in [-0.05, 0) is 6.42 Å². The highest BCUT2D eigenvalue weighted by atomic mass is 127. The van der Waals surface area contributed by atoms with Crippen molar-refractivity contribution in [3.05, 3.63) is 0 Å². The molecule has 1 N–H and O–H groups in total. The van der Waals surface area contributed by atoms with E-state index >= 15 is 0 Å². The molecule has 0 aliphatic heterocycles. The number of alkyl halides is 4. The molecule has 0 saturated heterocycles. The van der Waals surface area contributed by atoms with Gasteiger partial charge in [-0.1, -0.05) is 22.6 Å².